The lowest BCUT2D eigenvalue weighted by molar-refractivity contribution is -0.167. The van der Waals surface area contributed by atoms with Gasteiger partial charge in [-0.1, -0.05) is 298 Å². The molecule has 0 aromatic carbocycles. The summed E-state index contributed by atoms with van der Waals surface area (Å²) in [5.74, 6) is -0.878. The Hall–Kier alpha value is -3.41. The SMILES string of the molecule is CC/C=C\C/C=C\C/C=C\C/C=C\C/C=C\CCCCCCCCCCCCCCCCCC(=O)OCC(COC(=O)CCCCCCC)OC(=O)CCCCCCCCCCCCC/C=C\C/C=C\CCCCCCC. The lowest BCUT2D eigenvalue weighted by atomic mass is 10.0. The second-order valence-corrected chi connectivity index (χ2v) is 22.0. The Balaban J connectivity index is 3.99. The van der Waals surface area contributed by atoms with E-state index in [1.54, 1.807) is 0 Å². The molecule has 1 unspecified atom stereocenters. The van der Waals surface area contributed by atoms with Crippen LogP contribution < -0.4 is 0 Å². The van der Waals surface area contributed by atoms with E-state index in [4.69, 9.17) is 14.2 Å². The van der Waals surface area contributed by atoms with E-state index in [9.17, 15) is 14.4 Å². The van der Waals surface area contributed by atoms with Gasteiger partial charge in [-0.3, -0.25) is 14.4 Å². The molecule has 0 aliphatic rings. The van der Waals surface area contributed by atoms with Crippen LogP contribution in [0.15, 0.2) is 85.1 Å². The van der Waals surface area contributed by atoms with Gasteiger partial charge in [0.15, 0.2) is 6.10 Å². The smallest absolute Gasteiger partial charge is 0.306 e. The normalized spacial score (nSPS) is 12.6. The Morgan fingerprint density at radius 3 is 0.792 bits per heavy atom. The number of carbonyl (C=O) groups excluding carboxylic acids is 3. The molecule has 0 spiro atoms. The highest BCUT2D eigenvalue weighted by molar-refractivity contribution is 5.71. The average molecular weight is 1070 g/mol. The van der Waals surface area contributed by atoms with Crippen molar-refractivity contribution in [3.63, 3.8) is 0 Å². The Labute approximate surface area is 477 Å². The van der Waals surface area contributed by atoms with Crippen LogP contribution in [0.3, 0.4) is 0 Å². The van der Waals surface area contributed by atoms with Gasteiger partial charge in [0.25, 0.3) is 0 Å². The van der Waals surface area contributed by atoms with Crippen molar-refractivity contribution in [1.29, 1.82) is 0 Å². The molecule has 6 nitrogen and oxygen atoms in total. The number of hydrogen-bond acceptors (Lipinski definition) is 6. The van der Waals surface area contributed by atoms with Crippen LogP contribution in [0.1, 0.15) is 329 Å². The van der Waals surface area contributed by atoms with Crippen LogP contribution in [0.4, 0.5) is 0 Å². The van der Waals surface area contributed by atoms with E-state index in [1.165, 1.54) is 186 Å². The Kier molecular flexibility index (Phi) is 62.2. The number of unbranched alkanes of at least 4 members (excludes halogenated alkanes) is 35. The zero-order valence-electron chi connectivity index (χ0n) is 51.0. The van der Waals surface area contributed by atoms with Gasteiger partial charge in [-0.05, 0) is 96.3 Å². The monoisotopic (exact) mass is 1070 g/mol. The Bertz CT molecular complexity index is 1470. The van der Waals surface area contributed by atoms with Crippen LogP contribution in [0.2, 0.25) is 0 Å². The van der Waals surface area contributed by atoms with E-state index >= 15 is 0 Å². The lowest BCUT2D eigenvalue weighted by Gasteiger charge is -2.18. The molecule has 0 rings (SSSR count). The van der Waals surface area contributed by atoms with Gasteiger partial charge in [0.05, 0.1) is 0 Å². The highest BCUT2D eigenvalue weighted by atomic mass is 16.6. The minimum absolute atomic E-state index is 0.0744. The maximum atomic E-state index is 12.8. The van der Waals surface area contributed by atoms with E-state index in [-0.39, 0.29) is 31.1 Å². The third-order valence-corrected chi connectivity index (χ3v) is 14.4. The summed E-state index contributed by atoms with van der Waals surface area (Å²) in [4.78, 5) is 38.0. The van der Waals surface area contributed by atoms with E-state index in [0.717, 1.165) is 103 Å². The predicted molar refractivity (Wildman–Crippen MR) is 334 cm³/mol. The van der Waals surface area contributed by atoms with Gasteiger partial charge >= 0.3 is 17.9 Å². The maximum Gasteiger partial charge on any atom is 0.306 e. The third kappa shape index (κ3) is 63.3. The molecule has 0 aliphatic heterocycles. The summed E-state index contributed by atoms with van der Waals surface area (Å²) >= 11 is 0. The van der Waals surface area contributed by atoms with Crippen molar-refractivity contribution in [2.24, 2.45) is 0 Å². The number of allylic oxidation sites excluding steroid dienone is 14. The standard InChI is InChI=1S/C71H124O6/c1-4-7-10-13-15-17-19-21-23-25-27-29-31-32-33-34-35-36-37-38-40-41-43-45-47-49-51-53-55-58-61-64-70(73)76-67-68(66-75-69(72)63-60-57-12-9-6-3)77-71(74)65-62-59-56-54-52-50-48-46-44-42-39-30-28-26-24-22-20-18-16-14-11-8-5-2/h7,10,15,17,20-23,26-29,32-33,68H,4-6,8-9,11-14,16,18-19,24-25,30-31,34-67H2,1-3H3/b10-7-,17-15-,22-20-,23-21-,28-26-,29-27-,33-32-. The first-order valence-electron chi connectivity index (χ1n) is 33.1. The first-order valence-corrected chi connectivity index (χ1v) is 33.1. The molecule has 0 bridgehead atoms. The number of esters is 3. The van der Waals surface area contributed by atoms with Crippen molar-refractivity contribution in [3.05, 3.63) is 85.1 Å². The van der Waals surface area contributed by atoms with Crippen LogP contribution in [-0.2, 0) is 28.6 Å². The fourth-order valence-electron chi connectivity index (χ4n) is 9.44. The molecule has 0 heterocycles. The molecule has 0 N–H and O–H groups in total. The van der Waals surface area contributed by atoms with Gasteiger partial charge in [-0.25, -0.2) is 0 Å². The average Bonchev–Trinajstić information content (AvgIpc) is 3.43. The van der Waals surface area contributed by atoms with Crippen molar-refractivity contribution in [3.8, 4) is 0 Å². The third-order valence-electron chi connectivity index (χ3n) is 14.4. The summed E-state index contributed by atoms with van der Waals surface area (Å²) in [7, 11) is 0. The quantitative estimate of drug-likeness (QED) is 0.0261. The second kappa shape index (κ2) is 65.1. The number of ether oxygens (including phenoxy) is 3. The van der Waals surface area contributed by atoms with Crippen molar-refractivity contribution in [2.75, 3.05) is 13.2 Å². The maximum absolute atomic E-state index is 12.8. The summed E-state index contributed by atoms with van der Waals surface area (Å²) in [5, 5.41) is 0. The summed E-state index contributed by atoms with van der Waals surface area (Å²) in [6, 6.07) is 0. The molecule has 77 heavy (non-hydrogen) atoms. The van der Waals surface area contributed by atoms with Gasteiger partial charge < -0.3 is 14.2 Å². The van der Waals surface area contributed by atoms with Gasteiger partial charge in [0, 0.05) is 19.3 Å². The number of rotatable bonds is 60. The molecular formula is C71H124O6. The van der Waals surface area contributed by atoms with Crippen molar-refractivity contribution < 1.29 is 28.6 Å². The molecule has 444 valence electrons. The summed E-state index contributed by atoms with van der Waals surface area (Å²) in [6.45, 7) is 6.46. The highest BCUT2D eigenvalue weighted by Crippen LogP contribution is 2.17. The molecule has 0 aliphatic carbocycles. The Morgan fingerprint density at radius 2 is 0.506 bits per heavy atom. The molecule has 0 amide bonds. The highest BCUT2D eigenvalue weighted by Gasteiger charge is 2.19. The molecule has 0 saturated heterocycles. The van der Waals surface area contributed by atoms with E-state index in [2.05, 4.69) is 106 Å². The van der Waals surface area contributed by atoms with Crippen molar-refractivity contribution in [1.82, 2.24) is 0 Å². The molecule has 1 atom stereocenters. The summed E-state index contributed by atoms with van der Waals surface area (Å²) < 4.78 is 16.8. The second-order valence-electron chi connectivity index (χ2n) is 22.0. The fraction of sp³-hybridized carbons (Fsp3) is 0.761. The minimum atomic E-state index is -0.773. The van der Waals surface area contributed by atoms with Gasteiger partial charge in [-0.15, -0.1) is 0 Å². The van der Waals surface area contributed by atoms with Crippen LogP contribution >= 0.6 is 0 Å². The number of hydrogen-bond donors (Lipinski definition) is 0. The van der Waals surface area contributed by atoms with Gasteiger partial charge in [-0.2, -0.15) is 0 Å². The zero-order chi connectivity index (χ0) is 55.7. The lowest BCUT2D eigenvalue weighted by Crippen LogP contribution is -2.30. The van der Waals surface area contributed by atoms with Crippen LogP contribution in [-0.4, -0.2) is 37.2 Å². The molecular weight excluding hydrogens is 949 g/mol. The largest absolute Gasteiger partial charge is 0.462 e. The fourth-order valence-corrected chi connectivity index (χ4v) is 9.44. The van der Waals surface area contributed by atoms with Crippen LogP contribution in [0.25, 0.3) is 0 Å². The van der Waals surface area contributed by atoms with Crippen molar-refractivity contribution in [2.45, 2.75) is 335 Å². The Morgan fingerprint density at radius 1 is 0.273 bits per heavy atom. The van der Waals surface area contributed by atoms with Gasteiger partial charge in [0.1, 0.15) is 13.2 Å². The van der Waals surface area contributed by atoms with E-state index in [1.807, 2.05) is 0 Å². The van der Waals surface area contributed by atoms with Gasteiger partial charge in [0.2, 0.25) is 0 Å². The van der Waals surface area contributed by atoms with E-state index in [0.29, 0.717) is 19.3 Å². The van der Waals surface area contributed by atoms with E-state index < -0.39 is 6.10 Å². The molecule has 0 fully saturated rings. The minimum Gasteiger partial charge on any atom is -0.462 e. The van der Waals surface area contributed by atoms with Crippen LogP contribution in [0.5, 0.6) is 0 Å². The summed E-state index contributed by atoms with van der Waals surface area (Å²) in [6.07, 6.45) is 86.5. The first-order chi connectivity index (χ1) is 38.0. The molecule has 0 aromatic rings. The number of carbonyl (C=O) groups is 3. The molecule has 0 saturated carbocycles. The molecule has 0 radical (unpaired) electrons. The summed E-state index contributed by atoms with van der Waals surface area (Å²) in [5.41, 5.74) is 0. The molecule has 6 heteroatoms. The predicted octanol–water partition coefficient (Wildman–Crippen LogP) is 22.7. The topological polar surface area (TPSA) is 78.9 Å². The van der Waals surface area contributed by atoms with Crippen molar-refractivity contribution >= 4 is 17.9 Å². The molecule has 0 aromatic heterocycles. The first kappa shape index (κ1) is 73.6. The van der Waals surface area contributed by atoms with Crippen LogP contribution in [0, 0.1) is 0 Å². The zero-order valence-corrected chi connectivity index (χ0v) is 51.0.